The van der Waals surface area contributed by atoms with Gasteiger partial charge in [-0.05, 0) is 42.3 Å². The van der Waals surface area contributed by atoms with Gasteiger partial charge in [0, 0.05) is 36.2 Å². The van der Waals surface area contributed by atoms with Gasteiger partial charge in [0.25, 0.3) is 0 Å². The molecule has 3 aromatic rings. The molecule has 0 aromatic heterocycles. The highest BCUT2D eigenvalue weighted by Crippen LogP contribution is 2.27. The van der Waals surface area contributed by atoms with E-state index in [0.29, 0.717) is 13.0 Å². The zero-order valence-electron chi connectivity index (χ0n) is 18.0. The molecule has 0 saturated carbocycles. The van der Waals surface area contributed by atoms with E-state index in [1.165, 1.54) is 11.8 Å². The Morgan fingerprint density at radius 3 is 2.29 bits per heavy atom. The van der Waals surface area contributed by atoms with Crippen molar-refractivity contribution in [3.63, 3.8) is 0 Å². The zero-order valence-corrected chi connectivity index (χ0v) is 18.8. The van der Waals surface area contributed by atoms with Crippen LogP contribution in [0.15, 0.2) is 89.8 Å². The van der Waals surface area contributed by atoms with Crippen molar-refractivity contribution < 1.29 is 9.59 Å². The highest BCUT2D eigenvalue weighted by atomic mass is 32.2. The Balaban J connectivity index is 1.75. The van der Waals surface area contributed by atoms with E-state index in [0.717, 1.165) is 22.6 Å². The van der Waals surface area contributed by atoms with Crippen LogP contribution in [0.4, 0.5) is 5.69 Å². The van der Waals surface area contributed by atoms with Crippen molar-refractivity contribution in [1.82, 2.24) is 4.90 Å². The molecule has 160 valence electrons. The predicted octanol–water partition coefficient (Wildman–Crippen LogP) is 5.92. The number of nitrogens with zero attached hydrogens (tertiary/aromatic N) is 1. The van der Waals surface area contributed by atoms with Crippen molar-refractivity contribution >= 4 is 29.3 Å². The van der Waals surface area contributed by atoms with E-state index in [4.69, 9.17) is 0 Å². The lowest BCUT2D eigenvalue weighted by molar-refractivity contribution is -0.133. The maximum Gasteiger partial charge on any atom is 0.224 e. The summed E-state index contributed by atoms with van der Waals surface area (Å²) in [6.07, 6.45) is 0.460. The van der Waals surface area contributed by atoms with Crippen LogP contribution < -0.4 is 5.32 Å². The fourth-order valence-corrected chi connectivity index (χ4v) is 4.26. The van der Waals surface area contributed by atoms with Gasteiger partial charge in [-0.15, -0.1) is 11.8 Å². The Bertz CT molecular complexity index is 993. The number of benzene rings is 3. The van der Waals surface area contributed by atoms with Crippen LogP contribution in [-0.4, -0.2) is 22.5 Å². The molecule has 0 aliphatic carbocycles. The maximum absolute atomic E-state index is 13.3. The third-order valence-electron chi connectivity index (χ3n) is 5.00. The minimum absolute atomic E-state index is 0.111. The highest BCUT2D eigenvalue weighted by molar-refractivity contribution is 7.99. The summed E-state index contributed by atoms with van der Waals surface area (Å²) >= 11 is 1.69. The van der Waals surface area contributed by atoms with Crippen LogP contribution in [0, 0.1) is 0 Å². The van der Waals surface area contributed by atoms with Crippen molar-refractivity contribution in [2.75, 3.05) is 11.1 Å². The van der Waals surface area contributed by atoms with Crippen molar-refractivity contribution in [3.05, 3.63) is 96.1 Å². The largest absolute Gasteiger partial charge is 0.332 e. The summed E-state index contributed by atoms with van der Waals surface area (Å²) < 4.78 is 0. The summed E-state index contributed by atoms with van der Waals surface area (Å²) in [5.74, 6) is 0.733. The average molecular weight is 433 g/mol. The number of anilines is 1. The third-order valence-corrected chi connectivity index (χ3v) is 6.01. The molecule has 1 atom stereocenters. The van der Waals surface area contributed by atoms with E-state index in [-0.39, 0.29) is 17.9 Å². The van der Waals surface area contributed by atoms with Crippen LogP contribution in [0.1, 0.15) is 37.4 Å². The van der Waals surface area contributed by atoms with Gasteiger partial charge in [0.15, 0.2) is 0 Å². The van der Waals surface area contributed by atoms with Gasteiger partial charge in [0.2, 0.25) is 11.8 Å². The Morgan fingerprint density at radius 1 is 0.935 bits per heavy atom. The first kappa shape index (κ1) is 22.6. The molecule has 31 heavy (non-hydrogen) atoms. The Labute approximate surface area is 188 Å². The van der Waals surface area contributed by atoms with Crippen molar-refractivity contribution in [2.24, 2.45) is 0 Å². The molecule has 0 radical (unpaired) electrons. The number of thioether (sulfide) groups is 1. The second kappa shape index (κ2) is 11.4. The van der Waals surface area contributed by atoms with Gasteiger partial charge >= 0.3 is 0 Å². The van der Waals surface area contributed by atoms with Crippen molar-refractivity contribution in [1.29, 1.82) is 0 Å². The van der Waals surface area contributed by atoms with Crippen molar-refractivity contribution in [2.45, 2.75) is 37.8 Å². The fraction of sp³-hybridized carbons (Fsp3) is 0.231. The number of hydrogen-bond donors (Lipinski definition) is 1. The minimum atomic E-state index is -0.122. The molecular weight excluding hydrogens is 404 g/mol. The highest BCUT2D eigenvalue weighted by Gasteiger charge is 2.22. The monoisotopic (exact) mass is 432 g/mol. The van der Waals surface area contributed by atoms with Gasteiger partial charge < -0.3 is 10.2 Å². The molecule has 4 nitrogen and oxygen atoms in total. The number of nitrogens with one attached hydrogen (secondary N) is 1. The van der Waals surface area contributed by atoms with Gasteiger partial charge in [-0.25, -0.2) is 0 Å². The van der Waals surface area contributed by atoms with Crippen LogP contribution in [0.5, 0.6) is 0 Å². The third kappa shape index (κ3) is 7.00. The fourth-order valence-electron chi connectivity index (χ4n) is 3.40. The lowest BCUT2D eigenvalue weighted by atomic mass is 10.0. The summed E-state index contributed by atoms with van der Waals surface area (Å²) in [4.78, 5) is 27.8. The number of hydrogen-bond acceptors (Lipinski definition) is 3. The quantitative estimate of drug-likeness (QED) is 0.427. The Hall–Kier alpha value is -3.05. The molecule has 1 unspecified atom stereocenters. The molecule has 3 aromatic carbocycles. The lowest BCUT2D eigenvalue weighted by Crippen LogP contribution is -2.33. The normalized spacial score (nSPS) is 11.5. The average Bonchev–Trinajstić information content (AvgIpc) is 2.78. The molecule has 0 spiro atoms. The van der Waals surface area contributed by atoms with Crippen LogP contribution in [0.25, 0.3) is 0 Å². The number of carbonyl (C=O) groups excluding carboxylic acids is 2. The standard InChI is InChI=1S/C26H28N2O2S/c1-20(23-12-9-13-24(18-23)27-21(2)29)28(19-22-10-5-3-6-11-22)26(30)16-17-31-25-14-7-4-8-15-25/h3-15,18,20H,16-17,19H2,1-2H3,(H,27,29). The summed E-state index contributed by atoms with van der Waals surface area (Å²) in [7, 11) is 0. The van der Waals surface area contributed by atoms with Gasteiger partial charge in [-0.3, -0.25) is 9.59 Å². The minimum Gasteiger partial charge on any atom is -0.332 e. The first-order chi connectivity index (χ1) is 15.0. The SMILES string of the molecule is CC(=O)Nc1cccc(C(C)N(Cc2ccccc2)C(=O)CCSc2ccccc2)c1. The second-order valence-corrected chi connectivity index (χ2v) is 8.57. The van der Waals surface area contributed by atoms with E-state index >= 15 is 0 Å². The molecule has 1 N–H and O–H groups in total. The maximum atomic E-state index is 13.3. The molecule has 2 amide bonds. The molecule has 0 aliphatic rings. The molecular formula is C26H28N2O2S. The number of rotatable bonds is 9. The van der Waals surface area contributed by atoms with Crippen LogP contribution >= 0.6 is 11.8 Å². The molecule has 3 rings (SSSR count). The van der Waals surface area contributed by atoms with Crippen LogP contribution in [-0.2, 0) is 16.1 Å². The Morgan fingerprint density at radius 2 is 1.61 bits per heavy atom. The Kier molecular flexibility index (Phi) is 8.30. The smallest absolute Gasteiger partial charge is 0.224 e. The second-order valence-electron chi connectivity index (χ2n) is 7.40. The summed E-state index contributed by atoms with van der Waals surface area (Å²) in [5.41, 5.74) is 2.83. The first-order valence-corrected chi connectivity index (χ1v) is 11.4. The van der Waals surface area contributed by atoms with Gasteiger partial charge in [-0.1, -0.05) is 60.7 Å². The molecule has 0 bridgehead atoms. The molecule has 0 fully saturated rings. The first-order valence-electron chi connectivity index (χ1n) is 10.4. The predicted molar refractivity (Wildman–Crippen MR) is 128 cm³/mol. The number of carbonyl (C=O) groups is 2. The van der Waals surface area contributed by atoms with E-state index in [1.54, 1.807) is 11.8 Å². The molecule has 0 saturated heterocycles. The summed E-state index contributed by atoms with van der Waals surface area (Å²) in [6.45, 7) is 4.07. The van der Waals surface area contributed by atoms with Gasteiger partial charge in [0.05, 0.1) is 6.04 Å². The lowest BCUT2D eigenvalue weighted by Gasteiger charge is -2.30. The van der Waals surface area contributed by atoms with E-state index < -0.39 is 0 Å². The molecule has 0 aliphatic heterocycles. The van der Waals surface area contributed by atoms with E-state index in [2.05, 4.69) is 17.4 Å². The zero-order chi connectivity index (χ0) is 22.1. The summed E-state index contributed by atoms with van der Waals surface area (Å²) in [5, 5.41) is 2.82. The molecule has 0 heterocycles. The van der Waals surface area contributed by atoms with Gasteiger partial charge in [-0.2, -0.15) is 0 Å². The van der Waals surface area contributed by atoms with Crippen LogP contribution in [0.3, 0.4) is 0 Å². The van der Waals surface area contributed by atoms with E-state index in [9.17, 15) is 9.59 Å². The van der Waals surface area contributed by atoms with Crippen molar-refractivity contribution in [3.8, 4) is 0 Å². The van der Waals surface area contributed by atoms with E-state index in [1.807, 2.05) is 84.6 Å². The van der Waals surface area contributed by atoms with Crippen LogP contribution in [0.2, 0.25) is 0 Å². The van der Waals surface area contributed by atoms with Gasteiger partial charge in [0.1, 0.15) is 0 Å². The topological polar surface area (TPSA) is 49.4 Å². The summed E-state index contributed by atoms with van der Waals surface area (Å²) in [6, 6.07) is 27.8. The number of amides is 2. The molecule has 5 heteroatoms.